The summed E-state index contributed by atoms with van der Waals surface area (Å²) in [5.41, 5.74) is 5.77. The Morgan fingerprint density at radius 2 is 2.00 bits per heavy atom. The van der Waals surface area contributed by atoms with E-state index >= 15 is 0 Å². The molecular weight excluding hydrogens is 238 g/mol. The molecule has 2 aliphatic heterocycles. The van der Waals surface area contributed by atoms with Crippen LogP contribution < -0.4 is 5.73 Å². The minimum Gasteiger partial charge on any atom is -0.336 e. The summed E-state index contributed by atoms with van der Waals surface area (Å²) in [6.45, 7) is 5.99. The van der Waals surface area contributed by atoms with Gasteiger partial charge in [-0.3, -0.25) is 4.79 Å². The summed E-state index contributed by atoms with van der Waals surface area (Å²) in [5.74, 6) is 1.07. The van der Waals surface area contributed by atoms with Crippen molar-refractivity contribution in [3.63, 3.8) is 0 Å². The predicted octanol–water partition coefficient (Wildman–Crippen LogP) is 1.45. The van der Waals surface area contributed by atoms with E-state index in [2.05, 4.69) is 18.9 Å². The maximum Gasteiger partial charge on any atom is 0.223 e. The van der Waals surface area contributed by atoms with Crippen LogP contribution >= 0.6 is 0 Å². The van der Waals surface area contributed by atoms with Crippen LogP contribution in [0.1, 0.15) is 45.4 Å². The quantitative estimate of drug-likeness (QED) is 0.838. The molecule has 2 rings (SSSR count). The molecule has 0 aromatic rings. The topological polar surface area (TPSA) is 49.6 Å². The lowest BCUT2D eigenvalue weighted by molar-refractivity contribution is -0.135. The highest BCUT2D eigenvalue weighted by molar-refractivity contribution is 5.77. The zero-order valence-corrected chi connectivity index (χ0v) is 12.5. The summed E-state index contributed by atoms with van der Waals surface area (Å²) >= 11 is 0. The van der Waals surface area contributed by atoms with E-state index < -0.39 is 0 Å². The number of piperidine rings is 1. The highest BCUT2D eigenvalue weighted by Gasteiger charge is 2.38. The molecule has 0 aromatic carbocycles. The number of nitrogens with two attached hydrogens (primary N) is 1. The van der Waals surface area contributed by atoms with Crippen LogP contribution in [0.5, 0.6) is 0 Å². The van der Waals surface area contributed by atoms with Crippen molar-refractivity contribution in [2.45, 2.75) is 51.0 Å². The summed E-state index contributed by atoms with van der Waals surface area (Å²) in [4.78, 5) is 16.8. The molecule has 1 amide bonds. The lowest BCUT2D eigenvalue weighted by Gasteiger charge is -2.35. The first-order valence-corrected chi connectivity index (χ1v) is 7.74. The first-order valence-electron chi connectivity index (χ1n) is 7.74. The van der Waals surface area contributed by atoms with Crippen LogP contribution in [0.3, 0.4) is 0 Å². The Labute approximate surface area is 117 Å². The van der Waals surface area contributed by atoms with Crippen molar-refractivity contribution in [1.29, 1.82) is 0 Å². The highest BCUT2D eigenvalue weighted by atomic mass is 16.2. The molecule has 110 valence electrons. The summed E-state index contributed by atoms with van der Waals surface area (Å²) in [5, 5.41) is 0. The van der Waals surface area contributed by atoms with Crippen molar-refractivity contribution in [3.8, 4) is 0 Å². The largest absolute Gasteiger partial charge is 0.336 e. The third kappa shape index (κ3) is 3.48. The number of nitrogens with zero attached hydrogens (tertiary/aromatic N) is 2. The molecule has 0 bridgehead atoms. The Kier molecular flexibility index (Phi) is 4.85. The molecular formula is C15H29N3O. The second-order valence-corrected chi connectivity index (χ2v) is 6.64. The van der Waals surface area contributed by atoms with Crippen molar-refractivity contribution >= 4 is 5.91 Å². The average Bonchev–Trinajstić information content (AvgIpc) is 2.81. The summed E-state index contributed by atoms with van der Waals surface area (Å²) in [6, 6.07) is 0. The van der Waals surface area contributed by atoms with E-state index in [1.165, 1.54) is 25.9 Å². The molecule has 19 heavy (non-hydrogen) atoms. The fraction of sp³-hybridized carbons (Fsp3) is 0.933. The van der Waals surface area contributed by atoms with Crippen LogP contribution in [0.2, 0.25) is 0 Å². The molecule has 0 spiro atoms. The van der Waals surface area contributed by atoms with E-state index in [-0.39, 0.29) is 5.54 Å². The van der Waals surface area contributed by atoms with Crippen molar-refractivity contribution < 1.29 is 4.79 Å². The van der Waals surface area contributed by atoms with E-state index in [4.69, 9.17) is 5.73 Å². The van der Waals surface area contributed by atoms with Crippen molar-refractivity contribution in [1.82, 2.24) is 9.80 Å². The number of carbonyl (C=O) groups excluding carboxylic acids is 1. The third-order valence-corrected chi connectivity index (χ3v) is 5.09. The van der Waals surface area contributed by atoms with Crippen LogP contribution in [0, 0.1) is 5.92 Å². The van der Waals surface area contributed by atoms with Gasteiger partial charge in [0.05, 0.1) is 5.54 Å². The maximum atomic E-state index is 12.4. The summed E-state index contributed by atoms with van der Waals surface area (Å²) < 4.78 is 0. The third-order valence-electron chi connectivity index (χ3n) is 5.09. The van der Waals surface area contributed by atoms with Gasteiger partial charge >= 0.3 is 0 Å². The molecule has 4 nitrogen and oxygen atoms in total. The second-order valence-electron chi connectivity index (χ2n) is 6.64. The van der Waals surface area contributed by atoms with E-state index in [1.54, 1.807) is 0 Å². The SMILES string of the molecule is CN1CCC(CCC(=O)N2CCCC2(C)CN)CC1. The Hall–Kier alpha value is -0.610. The van der Waals surface area contributed by atoms with Gasteiger partial charge in [0.1, 0.15) is 0 Å². The molecule has 0 radical (unpaired) electrons. The van der Waals surface area contributed by atoms with Gasteiger partial charge in [-0.15, -0.1) is 0 Å². The number of hydrogen-bond donors (Lipinski definition) is 1. The highest BCUT2D eigenvalue weighted by Crippen LogP contribution is 2.29. The fourth-order valence-corrected chi connectivity index (χ4v) is 3.47. The smallest absolute Gasteiger partial charge is 0.223 e. The molecule has 1 atom stereocenters. The number of rotatable bonds is 4. The maximum absolute atomic E-state index is 12.4. The minimum absolute atomic E-state index is 0.0795. The molecule has 2 aliphatic rings. The number of carbonyl (C=O) groups is 1. The number of likely N-dealkylation sites (tertiary alicyclic amines) is 2. The Bertz CT molecular complexity index is 313. The van der Waals surface area contributed by atoms with E-state index in [9.17, 15) is 4.79 Å². The number of hydrogen-bond acceptors (Lipinski definition) is 3. The molecule has 0 aromatic heterocycles. The Morgan fingerprint density at radius 1 is 1.32 bits per heavy atom. The zero-order chi connectivity index (χ0) is 13.9. The van der Waals surface area contributed by atoms with E-state index in [1.807, 2.05) is 4.90 Å². The van der Waals surface area contributed by atoms with Gasteiger partial charge in [-0.1, -0.05) is 0 Å². The lowest BCUT2D eigenvalue weighted by atomic mass is 9.91. The van der Waals surface area contributed by atoms with Crippen molar-refractivity contribution in [2.24, 2.45) is 11.7 Å². The first kappa shape index (κ1) is 14.8. The van der Waals surface area contributed by atoms with Crippen LogP contribution in [-0.2, 0) is 4.79 Å². The minimum atomic E-state index is -0.0795. The normalized spacial score (nSPS) is 29.9. The second kappa shape index (κ2) is 6.23. The van der Waals surface area contributed by atoms with Gasteiger partial charge in [0.15, 0.2) is 0 Å². The van der Waals surface area contributed by atoms with Crippen LogP contribution in [0.4, 0.5) is 0 Å². The molecule has 0 saturated carbocycles. The molecule has 2 heterocycles. The molecule has 4 heteroatoms. The van der Waals surface area contributed by atoms with Gasteiger partial charge < -0.3 is 15.5 Å². The standard InChI is InChI=1S/C15H29N3O/c1-15(12-16)8-3-9-18(15)14(19)5-4-13-6-10-17(2)11-7-13/h13H,3-12,16H2,1-2H3. The molecule has 2 fully saturated rings. The zero-order valence-electron chi connectivity index (χ0n) is 12.5. The molecule has 1 unspecified atom stereocenters. The van der Waals surface area contributed by atoms with Crippen LogP contribution in [0.25, 0.3) is 0 Å². The first-order chi connectivity index (χ1) is 9.05. The van der Waals surface area contributed by atoms with E-state index in [0.29, 0.717) is 18.9 Å². The fourth-order valence-electron chi connectivity index (χ4n) is 3.47. The van der Waals surface area contributed by atoms with Crippen molar-refractivity contribution in [3.05, 3.63) is 0 Å². The van der Waals surface area contributed by atoms with Gasteiger partial charge in [-0.25, -0.2) is 0 Å². The monoisotopic (exact) mass is 267 g/mol. The van der Waals surface area contributed by atoms with Gasteiger partial charge in [-0.05, 0) is 65.1 Å². The van der Waals surface area contributed by atoms with E-state index in [0.717, 1.165) is 31.7 Å². The average molecular weight is 267 g/mol. The van der Waals surface area contributed by atoms with Gasteiger partial charge in [0.2, 0.25) is 5.91 Å². The van der Waals surface area contributed by atoms with Crippen LogP contribution in [0.15, 0.2) is 0 Å². The Balaban J connectivity index is 1.78. The molecule has 2 saturated heterocycles. The lowest BCUT2D eigenvalue weighted by Crippen LogP contribution is -2.50. The van der Waals surface area contributed by atoms with Crippen molar-refractivity contribution in [2.75, 3.05) is 33.2 Å². The van der Waals surface area contributed by atoms with Crippen LogP contribution in [-0.4, -0.2) is 54.5 Å². The summed E-state index contributed by atoms with van der Waals surface area (Å²) in [6.07, 6.45) is 6.43. The number of amides is 1. The Morgan fingerprint density at radius 3 is 2.63 bits per heavy atom. The van der Waals surface area contributed by atoms with Gasteiger partial charge in [0.25, 0.3) is 0 Å². The molecule has 0 aliphatic carbocycles. The van der Waals surface area contributed by atoms with Gasteiger partial charge in [0, 0.05) is 19.5 Å². The predicted molar refractivity (Wildman–Crippen MR) is 77.9 cm³/mol. The van der Waals surface area contributed by atoms with Gasteiger partial charge in [-0.2, -0.15) is 0 Å². The molecule has 2 N–H and O–H groups in total. The summed E-state index contributed by atoms with van der Waals surface area (Å²) in [7, 11) is 2.18.